The highest BCUT2D eigenvalue weighted by Gasteiger charge is 2.18. The largest absolute Gasteiger partial charge is 0.493 e. The zero-order chi connectivity index (χ0) is 20.2. The number of nitrogens with zero attached hydrogens (tertiary/aromatic N) is 1. The minimum Gasteiger partial charge on any atom is -0.493 e. The van der Waals surface area contributed by atoms with Gasteiger partial charge in [0, 0.05) is 13.3 Å². The van der Waals surface area contributed by atoms with E-state index in [9.17, 15) is 13.2 Å². The summed E-state index contributed by atoms with van der Waals surface area (Å²) in [5.41, 5.74) is 3.04. The molecule has 2 aromatic carbocycles. The van der Waals surface area contributed by atoms with Crippen LogP contribution < -0.4 is 4.74 Å². The second-order valence-corrected chi connectivity index (χ2v) is 8.90. The Kier molecular flexibility index (Phi) is 6.65. The van der Waals surface area contributed by atoms with Crippen LogP contribution in [0.15, 0.2) is 47.4 Å². The fourth-order valence-corrected chi connectivity index (χ4v) is 3.35. The third-order valence-electron chi connectivity index (χ3n) is 4.68. The second kappa shape index (κ2) is 8.57. The first-order chi connectivity index (χ1) is 12.6. The van der Waals surface area contributed by atoms with Crippen LogP contribution in [-0.2, 0) is 14.6 Å². The average molecular weight is 390 g/mol. The van der Waals surface area contributed by atoms with Crippen molar-refractivity contribution < 1.29 is 17.9 Å². The van der Waals surface area contributed by atoms with Gasteiger partial charge in [-0.15, -0.1) is 0 Å². The van der Waals surface area contributed by atoms with Gasteiger partial charge in [-0.1, -0.05) is 24.3 Å². The van der Waals surface area contributed by atoms with Crippen LogP contribution in [0, 0.1) is 13.8 Å². The predicted octanol–water partition coefficient (Wildman–Crippen LogP) is 3.70. The number of hydrogen-bond donors (Lipinski definition) is 0. The summed E-state index contributed by atoms with van der Waals surface area (Å²) in [7, 11) is -1.48. The maximum Gasteiger partial charge on any atom is 0.226 e. The van der Waals surface area contributed by atoms with Crippen LogP contribution >= 0.6 is 0 Å². The summed E-state index contributed by atoms with van der Waals surface area (Å²) in [6.07, 6.45) is 1.45. The number of rotatable bonds is 7. The first-order valence-corrected chi connectivity index (χ1v) is 10.7. The number of benzene rings is 2. The molecule has 5 nitrogen and oxygen atoms in total. The molecular formula is C21H27NO4S. The van der Waals surface area contributed by atoms with Crippen molar-refractivity contribution in [2.45, 2.75) is 38.1 Å². The van der Waals surface area contributed by atoms with E-state index in [0.717, 1.165) is 22.4 Å². The van der Waals surface area contributed by atoms with E-state index in [1.54, 1.807) is 36.2 Å². The van der Waals surface area contributed by atoms with Gasteiger partial charge in [-0.25, -0.2) is 8.42 Å². The maximum absolute atomic E-state index is 12.5. The first kappa shape index (κ1) is 21.0. The second-order valence-electron chi connectivity index (χ2n) is 6.89. The molecule has 0 bridgehead atoms. The molecule has 0 N–H and O–H groups in total. The number of sulfone groups is 1. The number of carbonyl (C=O) groups excluding carboxylic acids is 1. The maximum atomic E-state index is 12.5. The van der Waals surface area contributed by atoms with E-state index < -0.39 is 9.84 Å². The van der Waals surface area contributed by atoms with Crippen molar-refractivity contribution in [2.75, 3.05) is 19.9 Å². The Morgan fingerprint density at radius 3 is 2.33 bits per heavy atom. The molecule has 1 atom stereocenters. The lowest BCUT2D eigenvalue weighted by Crippen LogP contribution is -2.30. The van der Waals surface area contributed by atoms with E-state index in [1.807, 2.05) is 39.0 Å². The zero-order valence-electron chi connectivity index (χ0n) is 16.5. The van der Waals surface area contributed by atoms with Crippen molar-refractivity contribution in [3.63, 3.8) is 0 Å². The van der Waals surface area contributed by atoms with Crippen molar-refractivity contribution in [2.24, 2.45) is 0 Å². The number of carbonyl (C=O) groups is 1. The van der Waals surface area contributed by atoms with Crippen molar-refractivity contribution in [3.05, 3.63) is 59.2 Å². The monoisotopic (exact) mass is 389 g/mol. The summed E-state index contributed by atoms with van der Waals surface area (Å²) >= 11 is 0. The van der Waals surface area contributed by atoms with Crippen LogP contribution in [0.1, 0.15) is 36.1 Å². The van der Waals surface area contributed by atoms with E-state index in [4.69, 9.17) is 4.74 Å². The normalized spacial score (nSPS) is 12.5. The topological polar surface area (TPSA) is 63.7 Å². The highest BCUT2D eigenvalue weighted by atomic mass is 32.2. The van der Waals surface area contributed by atoms with Gasteiger partial charge < -0.3 is 9.64 Å². The highest BCUT2D eigenvalue weighted by molar-refractivity contribution is 7.90. The molecule has 0 heterocycles. The van der Waals surface area contributed by atoms with E-state index in [2.05, 4.69) is 0 Å². The van der Waals surface area contributed by atoms with E-state index in [-0.39, 0.29) is 23.3 Å². The predicted molar refractivity (Wildman–Crippen MR) is 107 cm³/mol. The molecule has 27 heavy (non-hydrogen) atoms. The van der Waals surface area contributed by atoms with E-state index in [0.29, 0.717) is 6.61 Å². The quantitative estimate of drug-likeness (QED) is 0.724. The molecule has 146 valence electrons. The molecule has 0 aliphatic heterocycles. The van der Waals surface area contributed by atoms with Crippen LogP contribution in [0.2, 0.25) is 0 Å². The summed E-state index contributed by atoms with van der Waals surface area (Å²) in [5, 5.41) is 0. The van der Waals surface area contributed by atoms with E-state index in [1.165, 1.54) is 6.26 Å². The summed E-state index contributed by atoms with van der Waals surface area (Å²) in [6, 6.07) is 12.5. The van der Waals surface area contributed by atoms with Crippen LogP contribution in [0.25, 0.3) is 0 Å². The smallest absolute Gasteiger partial charge is 0.226 e. The van der Waals surface area contributed by atoms with Gasteiger partial charge in [0.05, 0.1) is 24.0 Å². The number of amides is 1. The number of aryl methyl sites for hydroxylation is 2. The van der Waals surface area contributed by atoms with Crippen LogP contribution in [0.3, 0.4) is 0 Å². The molecule has 2 rings (SSSR count). The molecule has 6 heteroatoms. The lowest BCUT2D eigenvalue weighted by Gasteiger charge is -2.25. The summed E-state index contributed by atoms with van der Waals surface area (Å²) < 4.78 is 28.9. The van der Waals surface area contributed by atoms with Crippen molar-refractivity contribution >= 4 is 15.7 Å². The van der Waals surface area contributed by atoms with Gasteiger partial charge >= 0.3 is 0 Å². The molecule has 0 radical (unpaired) electrons. The molecule has 0 saturated heterocycles. The van der Waals surface area contributed by atoms with Crippen molar-refractivity contribution in [3.8, 4) is 5.75 Å². The van der Waals surface area contributed by atoms with Crippen molar-refractivity contribution in [1.29, 1.82) is 0 Å². The minimum absolute atomic E-state index is 0.0278. The number of hydrogen-bond acceptors (Lipinski definition) is 4. The fraction of sp³-hybridized carbons (Fsp3) is 0.381. The molecule has 1 unspecified atom stereocenters. The van der Waals surface area contributed by atoms with Gasteiger partial charge in [-0.3, -0.25) is 4.79 Å². The third kappa shape index (κ3) is 5.57. The summed E-state index contributed by atoms with van der Waals surface area (Å²) in [4.78, 5) is 14.4. The molecule has 0 saturated carbocycles. The van der Waals surface area contributed by atoms with Gasteiger partial charge in [-0.05, 0) is 55.7 Å². The molecule has 0 aliphatic carbocycles. The molecule has 1 amide bonds. The van der Waals surface area contributed by atoms with Gasteiger partial charge in [0.25, 0.3) is 0 Å². The Morgan fingerprint density at radius 2 is 1.74 bits per heavy atom. The molecule has 0 aromatic heterocycles. The zero-order valence-corrected chi connectivity index (χ0v) is 17.3. The molecular weight excluding hydrogens is 362 g/mol. The third-order valence-corrected chi connectivity index (χ3v) is 5.81. The lowest BCUT2D eigenvalue weighted by molar-refractivity contribution is -0.132. The standard InChI is InChI=1S/C21H27NO4S/c1-15-6-7-16(2)20(14-15)26-13-12-21(23)22(4)17(3)18-8-10-19(11-9-18)27(5,24)25/h6-11,14,17H,12-13H2,1-5H3. The Balaban J connectivity index is 1.94. The van der Waals surface area contributed by atoms with Gasteiger partial charge in [0.15, 0.2) is 9.84 Å². The van der Waals surface area contributed by atoms with Gasteiger partial charge in [0.1, 0.15) is 5.75 Å². The lowest BCUT2D eigenvalue weighted by atomic mass is 10.1. The van der Waals surface area contributed by atoms with Crippen LogP contribution in [-0.4, -0.2) is 39.1 Å². The Bertz CT molecular complexity index is 904. The van der Waals surface area contributed by atoms with Gasteiger partial charge in [0.2, 0.25) is 5.91 Å². The van der Waals surface area contributed by atoms with Gasteiger partial charge in [-0.2, -0.15) is 0 Å². The summed E-state index contributed by atoms with van der Waals surface area (Å²) in [6.45, 7) is 6.21. The van der Waals surface area contributed by atoms with Crippen LogP contribution in [0.5, 0.6) is 5.75 Å². The number of ether oxygens (including phenoxy) is 1. The van der Waals surface area contributed by atoms with Crippen LogP contribution in [0.4, 0.5) is 0 Å². The van der Waals surface area contributed by atoms with Crippen molar-refractivity contribution in [1.82, 2.24) is 4.90 Å². The molecule has 0 aliphatic rings. The fourth-order valence-electron chi connectivity index (χ4n) is 2.72. The Morgan fingerprint density at radius 1 is 1.11 bits per heavy atom. The highest BCUT2D eigenvalue weighted by Crippen LogP contribution is 2.22. The Labute approximate surface area is 161 Å². The molecule has 0 spiro atoms. The first-order valence-electron chi connectivity index (χ1n) is 8.85. The Hall–Kier alpha value is -2.34. The SMILES string of the molecule is Cc1ccc(C)c(OCCC(=O)N(C)C(C)c2ccc(S(C)(=O)=O)cc2)c1. The van der Waals surface area contributed by atoms with E-state index >= 15 is 0 Å². The summed E-state index contributed by atoms with van der Waals surface area (Å²) in [5.74, 6) is 0.773. The average Bonchev–Trinajstić information content (AvgIpc) is 2.62. The molecule has 0 fully saturated rings. The molecule has 2 aromatic rings. The minimum atomic E-state index is -3.22.